The smallest absolute Gasteiger partial charge is 0.313 e. The van der Waals surface area contributed by atoms with E-state index in [1.54, 1.807) is 24.4 Å². The fourth-order valence-corrected chi connectivity index (χ4v) is 2.44. The van der Waals surface area contributed by atoms with Gasteiger partial charge in [-0.05, 0) is 24.3 Å². The van der Waals surface area contributed by atoms with Gasteiger partial charge in [-0.15, -0.1) is 30.1 Å². The second kappa shape index (κ2) is 7.00. The molecule has 0 aliphatic carbocycles. The number of methoxy groups -OCH3 is 1. The monoisotopic (exact) mass is 300 g/mol. The molecule has 108 valence electrons. The number of carbonyl (C=O) groups excluding carboxylic acids is 1. The Kier molecular flexibility index (Phi) is 5.62. The van der Waals surface area contributed by atoms with Crippen molar-refractivity contribution in [1.29, 1.82) is 0 Å². The Hall–Kier alpha value is -2.19. The van der Waals surface area contributed by atoms with Crippen LogP contribution in [0.25, 0.3) is 0 Å². The predicted octanol–water partition coefficient (Wildman–Crippen LogP) is 2.17. The Morgan fingerprint density at radius 3 is 2.67 bits per heavy atom. The van der Waals surface area contributed by atoms with Crippen molar-refractivity contribution < 1.29 is 14.6 Å². The summed E-state index contributed by atoms with van der Waals surface area (Å²) in [6.45, 7) is 1.67. The molecule has 0 fully saturated rings. The van der Waals surface area contributed by atoms with Crippen LogP contribution in [0, 0.1) is 41.9 Å². The Balaban J connectivity index is 2.99. The van der Waals surface area contributed by atoms with Gasteiger partial charge in [-0.2, -0.15) is 0 Å². The van der Waals surface area contributed by atoms with Gasteiger partial charge in [-0.25, -0.2) is 0 Å². The van der Waals surface area contributed by atoms with Gasteiger partial charge in [0.15, 0.2) is 0 Å². The highest BCUT2D eigenvalue weighted by molar-refractivity contribution is 7.10. The Morgan fingerprint density at radius 1 is 1.48 bits per heavy atom. The third-order valence-electron chi connectivity index (χ3n) is 3.00. The molecule has 2 atom stereocenters. The number of ether oxygens (including phenoxy) is 1. The van der Waals surface area contributed by atoms with E-state index in [0.29, 0.717) is 4.88 Å². The highest BCUT2D eigenvalue weighted by atomic mass is 32.1. The van der Waals surface area contributed by atoms with Crippen LogP contribution in [0.3, 0.4) is 0 Å². The third kappa shape index (κ3) is 3.89. The lowest BCUT2D eigenvalue weighted by Crippen LogP contribution is -2.28. The summed E-state index contributed by atoms with van der Waals surface area (Å²) in [6, 6.07) is 3.49. The van der Waals surface area contributed by atoms with Crippen LogP contribution in [0.5, 0.6) is 0 Å². The number of aliphatic hydroxyl groups is 1. The molecule has 0 bridgehead atoms. The summed E-state index contributed by atoms with van der Waals surface area (Å²) in [7, 11) is 1.30. The van der Waals surface area contributed by atoms with Gasteiger partial charge >= 0.3 is 5.97 Å². The van der Waals surface area contributed by atoms with Crippen LogP contribution < -0.4 is 0 Å². The molecule has 1 aromatic rings. The molecular weight excluding hydrogens is 284 g/mol. The molecule has 1 heterocycles. The molecule has 4 heteroatoms. The lowest BCUT2D eigenvalue weighted by atomic mass is 9.83. The van der Waals surface area contributed by atoms with Gasteiger partial charge in [-0.3, -0.25) is 4.79 Å². The van der Waals surface area contributed by atoms with Gasteiger partial charge in [0.2, 0.25) is 5.60 Å². The molecular formula is C17H16O3S. The van der Waals surface area contributed by atoms with Crippen LogP contribution in [-0.4, -0.2) is 18.2 Å². The zero-order valence-electron chi connectivity index (χ0n) is 12.0. The average Bonchev–Trinajstić information content (AvgIpc) is 3.01. The molecule has 0 saturated heterocycles. The lowest BCUT2D eigenvalue weighted by molar-refractivity contribution is -0.151. The van der Waals surface area contributed by atoms with E-state index in [2.05, 4.69) is 23.7 Å². The largest absolute Gasteiger partial charge is 0.469 e. The van der Waals surface area contributed by atoms with E-state index in [4.69, 9.17) is 17.6 Å². The zero-order valence-corrected chi connectivity index (χ0v) is 12.8. The first kappa shape index (κ1) is 16.9. The molecule has 1 rings (SSSR count). The van der Waals surface area contributed by atoms with Crippen molar-refractivity contribution in [3.63, 3.8) is 0 Å². The summed E-state index contributed by atoms with van der Waals surface area (Å²) in [6.07, 6.45) is 11.0. The standard InChI is InChI=1S/C17H16O3S/c1-5-10-16(3,15(18)20-4)11-8-12-17(19,6-2)14-9-7-13-21-14/h1-2,7,9,13,19H,10-11H2,3-4H3. The second-order valence-electron chi connectivity index (χ2n) is 4.74. The topological polar surface area (TPSA) is 46.5 Å². The number of hydrogen-bond acceptors (Lipinski definition) is 4. The maximum Gasteiger partial charge on any atom is 0.313 e. The molecule has 0 aliphatic heterocycles. The fourth-order valence-electron chi connectivity index (χ4n) is 1.70. The molecule has 1 aromatic heterocycles. The lowest BCUT2D eigenvalue weighted by Gasteiger charge is -2.21. The minimum Gasteiger partial charge on any atom is -0.469 e. The Bertz CT molecular complexity index is 636. The predicted molar refractivity (Wildman–Crippen MR) is 83.0 cm³/mol. The van der Waals surface area contributed by atoms with Gasteiger partial charge in [0.05, 0.1) is 17.4 Å². The molecule has 21 heavy (non-hydrogen) atoms. The van der Waals surface area contributed by atoms with Gasteiger partial charge in [0, 0.05) is 12.8 Å². The van der Waals surface area contributed by atoms with E-state index in [0.717, 1.165) is 0 Å². The third-order valence-corrected chi connectivity index (χ3v) is 3.98. The molecule has 0 radical (unpaired) electrons. The van der Waals surface area contributed by atoms with Gasteiger partial charge in [0.25, 0.3) is 0 Å². The van der Waals surface area contributed by atoms with E-state index in [1.807, 2.05) is 0 Å². The van der Waals surface area contributed by atoms with Crippen LogP contribution in [0.2, 0.25) is 0 Å². The quantitative estimate of drug-likeness (QED) is 0.685. The first-order valence-electron chi connectivity index (χ1n) is 6.18. The highest BCUT2D eigenvalue weighted by Gasteiger charge is 2.33. The number of esters is 1. The van der Waals surface area contributed by atoms with Crippen molar-refractivity contribution >= 4 is 17.3 Å². The van der Waals surface area contributed by atoms with E-state index in [-0.39, 0.29) is 12.8 Å². The van der Waals surface area contributed by atoms with Crippen molar-refractivity contribution in [3.05, 3.63) is 22.4 Å². The van der Waals surface area contributed by atoms with Crippen LogP contribution in [0.15, 0.2) is 17.5 Å². The van der Waals surface area contributed by atoms with E-state index >= 15 is 0 Å². The molecule has 3 nitrogen and oxygen atoms in total. The first-order chi connectivity index (χ1) is 9.91. The minimum atomic E-state index is -1.65. The Labute approximate surface area is 129 Å². The molecule has 0 amide bonds. The van der Waals surface area contributed by atoms with Crippen molar-refractivity contribution in [2.75, 3.05) is 7.11 Å². The number of carbonyl (C=O) groups is 1. The zero-order chi connectivity index (χ0) is 15.9. The van der Waals surface area contributed by atoms with Crippen LogP contribution in [0.1, 0.15) is 24.6 Å². The highest BCUT2D eigenvalue weighted by Crippen LogP contribution is 2.28. The summed E-state index contributed by atoms with van der Waals surface area (Å²) < 4.78 is 4.75. The van der Waals surface area contributed by atoms with E-state index in [9.17, 15) is 9.90 Å². The minimum absolute atomic E-state index is 0.152. The SMILES string of the molecule is C#CCC(C)(CC#CC(O)(C#C)c1cccs1)C(=O)OC. The first-order valence-corrected chi connectivity index (χ1v) is 7.06. The summed E-state index contributed by atoms with van der Waals surface area (Å²) in [5.74, 6) is 9.70. The summed E-state index contributed by atoms with van der Waals surface area (Å²) in [5.41, 5.74) is -2.57. The van der Waals surface area contributed by atoms with Crippen LogP contribution in [0.4, 0.5) is 0 Å². The average molecular weight is 300 g/mol. The van der Waals surface area contributed by atoms with Crippen molar-refractivity contribution in [1.82, 2.24) is 0 Å². The van der Waals surface area contributed by atoms with E-state index in [1.165, 1.54) is 18.4 Å². The molecule has 0 spiro atoms. The van der Waals surface area contributed by atoms with Crippen molar-refractivity contribution in [2.45, 2.75) is 25.4 Å². The van der Waals surface area contributed by atoms with Crippen molar-refractivity contribution in [2.24, 2.45) is 5.41 Å². The number of hydrogen-bond donors (Lipinski definition) is 1. The number of terminal acetylenes is 2. The normalized spacial score (nSPS) is 15.3. The van der Waals surface area contributed by atoms with Gasteiger partial charge in [0.1, 0.15) is 0 Å². The molecule has 0 saturated carbocycles. The van der Waals surface area contributed by atoms with Crippen molar-refractivity contribution in [3.8, 4) is 36.5 Å². The maximum atomic E-state index is 11.8. The molecule has 1 N–H and O–H groups in total. The van der Waals surface area contributed by atoms with Gasteiger partial charge in [-0.1, -0.05) is 17.9 Å². The number of rotatable bonds is 4. The summed E-state index contributed by atoms with van der Waals surface area (Å²) in [5, 5.41) is 12.1. The summed E-state index contributed by atoms with van der Waals surface area (Å²) in [4.78, 5) is 12.4. The van der Waals surface area contributed by atoms with Gasteiger partial charge < -0.3 is 9.84 Å². The molecule has 0 aromatic carbocycles. The fraction of sp³-hybridized carbons (Fsp3) is 0.353. The number of thiophene rings is 1. The molecule has 2 unspecified atom stereocenters. The van der Waals surface area contributed by atoms with E-state index < -0.39 is 17.0 Å². The maximum absolute atomic E-state index is 11.8. The van der Waals surface area contributed by atoms with Crippen LogP contribution >= 0.6 is 11.3 Å². The molecule has 0 aliphatic rings. The Morgan fingerprint density at radius 2 is 2.19 bits per heavy atom. The second-order valence-corrected chi connectivity index (χ2v) is 5.69. The van der Waals surface area contributed by atoms with Crippen LogP contribution in [-0.2, 0) is 15.1 Å². The summed E-state index contributed by atoms with van der Waals surface area (Å²) >= 11 is 1.31.